The van der Waals surface area contributed by atoms with Gasteiger partial charge in [-0.25, -0.2) is 0 Å². The number of hydrogen-bond donors (Lipinski definition) is 2. The van der Waals surface area contributed by atoms with Gasteiger partial charge >= 0.3 is 12.0 Å². The van der Waals surface area contributed by atoms with Crippen LogP contribution < -0.4 is 10.2 Å². The van der Waals surface area contributed by atoms with Gasteiger partial charge in [-0.05, 0) is 12.5 Å². The molecule has 3 heterocycles. The molecule has 3 rings (SSSR count). The average Bonchev–Trinajstić information content (AvgIpc) is 3.41. The van der Waals surface area contributed by atoms with Gasteiger partial charge in [-0.2, -0.15) is 4.98 Å². The summed E-state index contributed by atoms with van der Waals surface area (Å²) in [5.41, 5.74) is 0.0947. The number of aliphatic hydroxyl groups excluding tert-OH is 1. The molecule has 2 N–H and O–H groups in total. The number of aromatic nitrogens is 2. The molecule has 1 aromatic heterocycles. The number of halogens is 1. The first kappa shape index (κ1) is 32.6. The van der Waals surface area contributed by atoms with Crippen molar-refractivity contribution in [3.63, 3.8) is 0 Å². The summed E-state index contributed by atoms with van der Waals surface area (Å²) in [5.74, 6) is -0.285. The van der Waals surface area contributed by atoms with Crippen LogP contribution in [0.4, 0.5) is 0 Å². The van der Waals surface area contributed by atoms with Crippen LogP contribution in [0.1, 0.15) is 129 Å². The largest absolute Gasteiger partial charge is 0.455 e. The molecule has 0 aromatic carbocycles. The van der Waals surface area contributed by atoms with E-state index in [1.165, 1.54) is 89.9 Å². The van der Waals surface area contributed by atoms with Gasteiger partial charge in [-0.1, -0.05) is 110 Å². The van der Waals surface area contributed by atoms with E-state index in [1.807, 2.05) is 0 Å². The molecule has 218 valence electrons. The Morgan fingerprint density at radius 3 is 2.00 bits per heavy atom. The molecule has 1 fully saturated rings. The second-order valence-electron chi connectivity index (χ2n) is 10.7. The molecule has 4 atom stereocenters. The van der Waals surface area contributed by atoms with Crippen LogP contribution in [0.3, 0.4) is 0 Å². The van der Waals surface area contributed by atoms with Gasteiger partial charge in [0.15, 0.2) is 23.9 Å². The van der Waals surface area contributed by atoms with Crippen LogP contribution in [0, 0.1) is 5.41 Å². The second kappa shape index (κ2) is 18.6. The number of fused-ring (bicyclic) bond motifs is 3. The Hall–Kier alpha value is -1.64. The summed E-state index contributed by atoms with van der Waals surface area (Å²) in [6.07, 6.45) is 21.8. The van der Waals surface area contributed by atoms with E-state index in [0.29, 0.717) is 6.42 Å². The molecule has 1 saturated heterocycles. The van der Waals surface area contributed by atoms with Crippen molar-refractivity contribution in [2.24, 2.45) is 0 Å². The third-order valence-corrected chi connectivity index (χ3v) is 7.56. The SMILES string of the molecule is CCCCCCCCCCCCCCCCCCCC(=O)O[C@H]1[C@@H]2Oc3nc(=N)ccn3[C@@H]2O[C@@H]1CO.Cl. The van der Waals surface area contributed by atoms with E-state index in [4.69, 9.17) is 19.6 Å². The summed E-state index contributed by atoms with van der Waals surface area (Å²) < 4.78 is 19.0. The number of aliphatic hydroxyl groups is 1. The zero-order chi connectivity index (χ0) is 26.3. The predicted octanol–water partition coefficient (Wildman–Crippen LogP) is 6.39. The molecule has 0 amide bonds. The number of esters is 1. The zero-order valence-electron chi connectivity index (χ0n) is 23.3. The summed E-state index contributed by atoms with van der Waals surface area (Å²) in [7, 11) is 0. The lowest BCUT2D eigenvalue weighted by atomic mass is 10.0. The molecule has 0 unspecified atom stereocenters. The topological polar surface area (TPSA) is 107 Å². The molecular formula is C29H50ClN3O5. The number of carbonyl (C=O) groups is 1. The Morgan fingerprint density at radius 1 is 0.947 bits per heavy atom. The Morgan fingerprint density at radius 2 is 1.47 bits per heavy atom. The standard InChI is InChI=1S/C29H49N3O5.ClH/c1-2-3-4-5-6-7-8-9-10-11-12-13-14-15-16-17-18-19-25(34)36-26-23(22-33)35-28-27(26)37-29-31-24(30)20-21-32(28)29;/h20-21,23,26-28,30,33H,2-19,22H2,1H3;1H/t23-,26-,27+,28-;/m1./s1. The first-order valence-electron chi connectivity index (χ1n) is 14.9. The van der Waals surface area contributed by atoms with Crippen LogP contribution in [0.25, 0.3) is 0 Å². The van der Waals surface area contributed by atoms with Crippen molar-refractivity contribution in [3.05, 3.63) is 17.8 Å². The number of unbranched alkanes of at least 4 members (excludes halogenated alkanes) is 16. The van der Waals surface area contributed by atoms with Crippen LogP contribution >= 0.6 is 12.4 Å². The average molecular weight is 556 g/mol. The monoisotopic (exact) mass is 555 g/mol. The smallest absolute Gasteiger partial charge is 0.306 e. The number of carbonyl (C=O) groups excluding carboxylic acids is 1. The Balaban J connectivity index is 0.00000507. The fraction of sp³-hybridized carbons (Fsp3) is 0.828. The molecule has 2 aliphatic heterocycles. The first-order valence-corrected chi connectivity index (χ1v) is 14.9. The van der Waals surface area contributed by atoms with E-state index < -0.39 is 24.5 Å². The van der Waals surface area contributed by atoms with Gasteiger partial charge in [0.05, 0.1) is 6.61 Å². The molecule has 0 bridgehead atoms. The van der Waals surface area contributed by atoms with Crippen LogP contribution in [-0.2, 0) is 14.3 Å². The molecular weight excluding hydrogens is 506 g/mol. The van der Waals surface area contributed by atoms with E-state index in [-0.39, 0.29) is 36.5 Å². The highest BCUT2D eigenvalue weighted by atomic mass is 35.5. The third-order valence-electron chi connectivity index (χ3n) is 7.56. The molecule has 2 aliphatic rings. The molecule has 9 heteroatoms. The number of nitrogens with one attached hydrogen (secondary N) is 1. The van der Waals surface area contributed by atoms with Gasteiger partial charge < -0.3 is 19.3 Å². The quantitative estimate of drug-likeness (QED) is 0.143. The van der Waals surface area contributed by atoms with E-state index in [1.54, 1.807) is 16.8 Å². The van der Waals surface area contributed by atoms with Crippen molar-refractivity contribution in [2.45, 2.75) is 147 Å². The number of nitrogens with zero attached hydrogens (tertiary/aromatic N) is 2. The van der Waals surface area contributed by atoms with Crippen LogP contribution in [0.15, 0.2) is 12.3 Å². The third kappa shape index (κ3) is 10.5. The van der Waals surface area contributed by atoms with Crippen molar-refractivity contribution < 1.29 is 24.1 Å². The van der Waals surface area contributed by atoms with E-state index in [9.17, 15) is 9.90 Å². The number of ether oxygens (including phenoxy) is 3. The van der Waals surface area contributed by atoms with Gasteiger partial charge in [-0.15, -0.1) is 12.4 Å². The maximum atomic E-state index is 12.5. The minimum atomic E-state index is -0.691. The van der Waals surface area contributed by atoms with Crippen LogP contribution in [0.2, 0.25) is 0 Å². The Kier molecular flexibility index (Phi) is 16.0. The lowest BCUT2D eigenvalue weighted by Gasteiger charge is -2.20. The van der Waals surface area contributed by atoms with E-state index in [0.717, 1.165) is 19.3 Å². The molecule has 0 radical (unpaired) electrons. The molecule has 8 nitrogen and oxygen atoms in total. The summed E-state index contributed by atoms with van der Waals surface area (Å²) in [4.78, 5) is 16.5. The summed E-state index contributed by atoms with van der Waals surface area (Å²) in [6.45, 7) is 2.02. The minimum Gasteiger partial charge on any atom is -0.455 e. The van der Waals surface area contributed by atoms with Crippen molar-refractivity contribution in [1.82, 2.24) is 9.55 Å². The van der Waals surface area contributed by atoms with Crippen molar-refractivity contribution >= 4 is 18.4 Å². The molecule has 1 aromatic rings. The Labute approximate surface area is 234 Å². The second-order valence-corrected chi connectivity index (χ2v) is 10.7. The molecule has 38 heavy (non-hydrogen) atoms. The summed E-state index contributed by atoms with van der Waals surface area (Å²) >= 11 is 0. The highest BCUT2D eigenvalue weighted by Crippen LogP contribution is 2.40. The lowest BCUT2D eigenvalue weighted by molar-refractivity contribution is -0.156. The van der Waals surface area contributed by atoms with Gasteiger partial charge in [0, 0.05) is 12.6 Å². The highest BCUT2D eigenvalue weighted by Gasteiger charge is 2.53. The first-order chi connectivity index (χ1) is 18.1. The Bertz CT molecular complexity index is 852. The van der Waals surface area contributed by atoms with E-state index >= 15 is 0 Å². The molecule has 0 spiro atoms. The van der Waals surface area contributed by atoms with Gasteiger partial charge in [0.2, 0.25) is 0 Å². The maximum absolute atomic E-state index is 12.5. The fourth-order valence-corrected chi connectivity index (χ4v) is 5.37. The maximum Gasteiger partial charge on any atom is 0.306 e. The van der Waals surface area contributed by atoms with Gasteiger partial charge in [0.25, 0.3) is 0 Å². The van der Waals surface area contributed by atoms with Crippen molar-refractivity contribution in [2.75, 3.05) is 6.61 Å². The fourth-order valence-electron chi connectivity index (χ4n) is 5.37. The molecule has 0 saturated carbocycles. The lowest BCUT2D eigenvalue weighted by Crippen LogP contribution is -2.39. The number of rotatable bonds is 20. The van der Waals surface area contributed by atoms with Crippen molar-refractivity contribution in [1.29, 1.82) is 5.41 Å². The molecule has 0 aliphatic carbocycles. The zero-order valence-corrected chi connectivity index (χ0v) is 24.1. The van der Waals surface area contributed by atoms with Crippen LogP contribution in [-0.4, -0.2) is 45.5 Å². The van der Waals surface area contributed by atoms with Crippen molar-refractivity contribution in [3.8, 4) is 6.01 Å². The number of hydrogen-bond acceptors (Lipinski definition) is 7. The summed E-state index contributed by atoms with van der Waals surface area (Å²) in [6, 6.07) is 1.82. The highest BCUT2D eigenvalue weighted by molar-refractivity contribution is 5.85. The van der Waals surface area contributed by atoms with E-state index in [2.05, 4.69) is 11.9 Å². The van der Waals surface area contributed by atoms with Crippen LogP contribution in [0.5, 0.6) is 6.01 Å². The predicted molar refractivity (Wildman–Crippen MR) is 149 cm³/mol. The van der Waals surface area contributed by atoms with Gasteiger partial charge in [0.1, 0.15) is 6.10 Å². The summed E-state index contributed by atoms with van der Waals surface area (Å²) in [5, 5.41) is 17.4. The minimum absolute atomic E-state index is 0. The van der Waals surface area contributed by atoms with Gasteiger partial charge in [-0.3, -0.25) is 14.8 Å². The normalized spacial score (nSPS) is 21.4.